The van der Waals surface area contributed by atoms with Crippen LogP contribution in [0.3, 0.4) is 0 Å². The highest BCUT2D eigenvalue weighted by Crippen LogP contribution is 2.53. The maximum atomic E-state index is 13.3. The zero-order chi connectivity index (χ0) is 39.2. The Morgan fingerprint density at radius 2 is 1.59 bits per heavy atom. The summed E-state index contributed by atoms with van der Waals surface area (Å²) >= 11 is 0. The van der Waals surface area contributed by atoms with Gasteiger partial charge in [-0.1, -0.05) is 53.7 Å². The summed E-state index contributed by atoms with van der Waals surface area (Å²) in [6.07, 6.45) is 10.3. The summed E-state index contributed by atoms with van der Waals surface area (Å²) in [6, 6.07) is 14.7. The fourth-order valence-electron chi connectivity index (χ4n) is 10.0. The Labute approximate surface area is 330 Å². The average Bonchev–Trinajstić information content (AvgIpc) is 4.08. The van der Waals surface area contributed by atoms with Gasteiger partial charge in [-0.15, -0.1) is 0 Å². The molecule has 1 aromatic carbocycles. The van der Waals surface area contributed by atoms with E-state index in [1.807, 2.05) is 19.2 Å². The minimum atomic E-state index is -2.20. The maximum absolute atomic E-state index is 13.3. The van der Waals surface area contributed by atoms with Crippen molar-refractivity contribution in [3.05, 3.63) is 89.5 Å². The molecule has 6 heterocycles. The van der Waals surface area contributed by atoms with Crippen LogP contribution in [0.2, 0.25) is 16.6 Å². The molecule has 0 spiro atoms. The summed E-state index contributed by atoms with van der Waals surface area (Å²) in [5, 5.41) is 1.11. The van der Waals surface area contributed by atoms with Crippen LogP contribution in [0, 0.1) is 6.92 Å². The molecule has 0 N–H and O–H groups in total. The molecule has 12 heteroatoms. The Morgan fingerprint density at radius 1 is 0.839 bits per heavy atom. The molecule has 2 saturated carbocycles. The van der Waals surface area contributed by atoms with Crippen molar-refractivity contribution in [3.8, 4) is 0 Å². The number of hydrogen-bond donors (Lipinski definition) is 0. The summed E-state index contributed by atoms with van der Waals surface area (Å²) in [5.41, 5.74) is 9.05. The molecule has 0 bridgehead atoms. The van der Waals surface area contributed by atoms with E-state index >= 15 is 0 Å². The predicted octanol–water partition coefficient (Wildman–Crippen LogP) is 9.04. The van der Waals surface area contributed by atoms with Gasteiger partial charge in [0.2, 0.25) is 14.2 Å². The number of urea groups is 1. The van der Waals surface area contributed by atoms with Gasteiger partial charge in [0.15, 0.2) is 5.65 Å². The third-order valence-corrected chi connectivity index (χ3v) is 19.3. The van der Waals surface area contributed by atoms with Crippen LogP contribution < -0.4 is 9.80 Å². The second kappa shape index (κ2) is 13.8. The van der Waals surface area contributed by atoms with E-state index in [0.29, 0.717) is 45.7 Å². The average molecular weight is 771 g/mol. The molecular weight excluding hydrogens is 717 g/mol. The first-order chi connectivity index (χ1) is 26.8. The lowest BCUT2D eigenvalue weighted by Gasteiger charge is -2.44. The number of pyridine rings is 2. The Bertz CT molecular complexity index is 2330. The maximum Gasteiger partial charge on any atom is 0.331 e. The van der Waals surface area contributed by atoms with Gasteiger partial charge in [-0.3, -0.25) is 19.6 Å². The fraction of sp³-hybridized carbons (Fsp3) is 0.500. The number of imide groups is 1. The zero-order valence-corrected chi connectivity index (χ0v) is 34.9. The summed E-state index contributed by atoms with van der Waals surface area (Å²) in [7, 11) is -0.643. The van der Waals surface area contributed by atoms with Gasteiger partial charge in [-0.05, 0) is 84.6 Å². The predicted molar refractivity (Wildman–Crippen MR) is 222 cm³/mol. The Hall–Kier alpha value is -4.68. The Morgan fingerprint density at radius 3 is 2.27 bits per heavy atom. The van der Waals surface area contributed by atoms with E-state index in [4.69, 9.17) is 19.4 Å². The first kappa shape index (κ1) is 36.9. The van der Waals surface area contributed by atoms with Gasteiger partial charge in [-0.25, -0.2) is 19.7 Å². The third kappa shape index (κ3) is 6.29. The molecular formula is C44H54N8O3Si. The number of anilines is 2. The SMILES string of the molecule is Cc1ccnc([C@H]2C[C@@H]2c2ccc3ccc(N4C[C@@H](O[Si](C(C)C)(C(C)C)C(C)C)C[C@@H]4c4cn5cc(C6CC6)cc(N6CC(=O)N(C)C6=O)c5n4)cc3n2)n1. The largest absolute Gasteiger partial charge is 0.411 e. The molecule has 9 rings (SSSR count). The van der Waals surface area contributed by atoms with E-state index in [1.54, 1.807) is 11.9 Å². The van der Waals surface area contributed by atoms with Gasteiger partial charge in [0, 0.05) is 72.9 Å². The van der Waals surface area contributed by atoms with E-state index in [-0.39, 0.29) is 30.6 Å². The molecule has 2 saturated heterocycles. The van der Waals surface area contributed by atoms with E-state index in [9.17, 15) is 9.59 Å². The van der Waals surface area contributed by atoms with Crippen molar-refractivity contribution in [2.75, 3.05) is 29.9 Å². The van der Waals surface area contributed by atoms with Crippen LogP contribution in [0.1, 0.15) is 119 Å². The first-order valence-corrected chi connectivity index (χ1v) is 22.7. The number of amides is 3. The molecule has 5 aromatic rings. The number of hydrogen-bond acceptors (Lipinski definition) is 8. The van der Waals surface area contributed by atoms with Crippen LogP contribution in [0.5, 0.6) is 0 Å². The Balaban J connectivity index is 1.11. The number of rotatable bonds is 11. The number of carbonyl (C=O) groups is 2. The van der Waals surface area contributed by atoms with Crippen LogP contribution in [0.4, 0.5) is 16.2 Å². The van der Waals surface area contributed by atoms with Crippen LogP contribution in [0.25, 0.3) is 16.6 Å². The normalized spacial score (nSPS) is 23.0. The van der Waals surface area contributed by atoms with Crippen molar-refractivity contribution in [1.29, 1.82) is 0 Å². The van der Waals surface area contributed by atoms with Crippen LogP contribution in [-0.4, -0.2) is 75.7 Å². The lowest BCUT2D eigenvalue weighted by Crippen LogP contribution is -2.50. The number of fused-ring (bicyclic) bond motifs is 2. The smallest absolute Gasteiger partial charge is 0.331 e. The Kier molecular flexibility index (Phi) is 9.07. The van der Waals surface area contributed by atoms with Crippen molar-refractivity contribution < 1.29 is 14.0 Å². The summed E-state index contributed by atoms with van der Waals surface area (Å²) in [4.78, 5) is 51.2. The van der Waals surface area contributed by atoms with Gasteiger partial charge in [-0.2, -0.15) is 0 Å². The van der Waals surface area contributed by atoms with Crippen molar-refractivity contribution in [1.82, 2.24) is 29.2 Å². The summed E-state index contributed by atoms with van der Waals surface area (Å²) in [5.74, 6) is 1.77. The lowest BCUT2D eigenvalue weighted by molar-refractivity contribution is -0.123. The minimum absolute atomic E-state index is 0.0186. The van der Waals surface area contributed by atoms with Gasteiger partial charge >= 0.3 is 6.03 Å². The van der Waals surface area contributed by atoms with E-state index in [2.05, 4.69) is 105 Å². The molecule has 4 fully saturated rings. The molecule has 4 aliphatic rings. The summed E-state index contributed by atoms with van der Waals surface area (Å²) < 4.78 is 9.60. The second-order valence-electron chi connectivity index (χ2n) is 17.7. The molecule has 4 atom stereocenters. The quantitative estimate of drug-likeness (QED) is 0.0968. The molecule has 56 heavy (non-hydrogen) atoms. The molecule has 2 aliphatic heterocycles. The number of nitrogens with zero attached hydrogens (tertiary/aromatic N) is 8. The van der Waals surface area contributed by atoms with Crippen LogP contribution in [0.15, 0.2) is 61.1 Å². The van der Waals surface area contributed by atoms with Gasteiger partial charge in [0.1, 0.15) is 12.4 Å². The molecule has 0 radical (unpaired) electrons. The second-order valence-corrected chi connectivity index (χ2v) is 23.1. The molecule has 2 aliphatic carbocycles. The van der Waals surface area contributed by atoms with Crippen LogP contribution >= 0.6 is 0 Å². The number of benzene rings is 1. The highest BCUT2D eigenvalue weighted by molar-refractivity contribution is 6.77. The fourth-order valence-corrected chi connectivity index (χ4v) is 15.6. The third-order valence-electron chi connectivity index (χ3n) is 13.1. The standard InChI is InChI=1S/C44H54N8O3Si/c1-25(2)56(26(3)4,27(5)6)55-33-19-39(38-23-50-21-31(29-9-10-29)17-40(43(50)48-38)52-24-41(53)49(8)44(52)54)51(22-33)32-13-11-30-12-14-36(47-37(30)18-32)34-20-35(34)42-45-16-15-28(7)46-42/h11-18,21,23,25-27,29,33-35,39H,9-10,19-20,22,24H2,1-8H3/t33-,34-,35-,39+/m0/s1. The van der Waals surface area contributed by atoms with E-state index in [1.165, 1.54) is 10.5 Å². The first-order valence-electron chi connectivity index (χ1n) is 20.6. The molecule has 292 valence electrons. The monoisotopic (exact) mass is 770 g/mol. The zero-order valence-electron chi connectivity index (χ0n) is 33.9. The molecule has 4 aromatic heterocycles. The van der Waals surface area contributed by atoms with Crippen molar-refractivity contribution in [2.45, 2.75) is 121 Å². The van der Waals surface area contributed by atoms with Gasteiger partial charge in [0.25, 0.3) is 0 Å². The van der Waals surface area contributed by atoms with E-state index < -0.39 is 8.32 Å². The van der Waals surface area contributed by atoms with Crippen molar-refractivity contribution in [3.63, 3.8) is 0 Å². The topological polar surface area (TPSA) is 109 Å². The number of aryl methyl sites for hydroxylation is 1. The molecule has 11 nitrogen and oxygen atoms in total. The van der Waals surface area contributed by atoms with Crippen LogP contribution in [-0.2, 0) is 9.22 Å². The highest BCUT2D eigenvalue weighted by atomic mass is 28.4. The summed E-state index contributed by atoms with van der Waals surface area (Å²) in [6.45, 7) is 16.9. The highest BCUT2D eigenvalue weighted by Gasteiger charge is 2.49. The number of aromatic nitrogens is 5. The molecule has 3 amide bonds. The lowest BCUT2D eigenvalue weighted by atomic mass is 10.1. The van der Waals surface area contributed by atoms with Crippen molar-refractivity contribution in [2.24, 2.45) is 0 Å². The molecule has 0 unspecified atom stereocenters. The van der Waals surface area contributed by atoms with Crippen molar-refractivity contribution >= 4 is 48.2 Å². The number of imidazole rings is 1. The number of carbonyl (C=O) groups excluding carboxylic acids is 2. The number of likely N-dealkylation sites (N-methyl/N-ethyl adjacent to an activating group) is 1. The van der Waals surface area contributed by atoms with Gasteiger partial charge < -0.3 is 13.7 Å². The van der Waals surface area contributed by atoms with Gasteiger partial charge in [0.05, 0.1) is 29.0 Å². The van der Waals surface area contributed by atoms with E-state index in [0.717, 1.165) is 71.7 Å². The minimum Gasteiger partial charge on any atom is -0.411 e.